The molecular weight excluding hydrogens is 352 g/mol. The molecule has 2 aromatic carbocycles. The Kier molecular flexibility index (Phi) is 3.60. The number of halogens is 1. The summed E-state index contributed by atoms with van der Waals surface area (Å²) in [6, 6.07) is 11.5. The largest absolute Gasteiger partial charge is 0.502 e. The number of nitrogens with zero attached hydrogens (tertiary/aromatic N) is 3. The van der Waals surface area contributed by atoms with Gasteiger partial charge in [-0.1, -0.05) is 28.1 Å². The number of nitro benzene ring substituents is 1. The molecule has 0 aliphatic carbocycles. The Morgan fingerprint density at radius 1 is 1.14 bits per heavy atom. The third kappa shape index (κ3) is 2.68. The summed E-state index contributed by atoms with van der Waals surface area (Å²) in [6.45, 7) is 0. The Morgan fingerprint density at radius 3 is 2.50 bits per heavy atom. The highest BCUT2D eigenvalue weighted by molar-refractivity contribution is 9.10. The number of aromatic nitrogens is 3. The fourth-order valence-corrected chi connectivity index (χ4v) is 2.20. The monoisotopic (exact) mass is 360 g/mol. The fourth-order valence-electron chi connectivity index (χ4n) is 1.94. The number of hydrogen-bond donors (Lipinski definition) is 2. The number of phenolic OH excluding ortho intramolecular Hbond substituents is 1. The van der Waals surface area contributed by atoms with Crippen LogP contribution in [-0.2, 0) is 0 Å². The van der Waals surface area contributed by atoms with E-state index in [-0.39, 0.29) is 5.69 Å². The van der Waals surface area contributed by atoms with Gasteiger partial charge >= 0.3 is 5.69 Å². The first-order valence-electron chi connectivity index (χ1n) is 6.21. The predicted molar refractivity (Wildman–Crippen MR) is 83.3 cm³/mol. The lowest BCUT2D eigenvalue weighted by atomic mass is 10.1. The number of phenols is 1. The van der Waals surface area contributed by atoms with Gasteiger partial charge in [0, 0.05) is 21.7 Å². The van der Waals surface area contributed by atoms with E-state index in [1.165, 1.54) is 18.2 Å². The Balaban J connectivity index is 1.99. The molecule has 0 aliphatic rings. The quantitative estimate of drug-likeness (QED) is 0.549. The van der Waals surface area contributed by atoms with Crippen molar-refractivity contribution < 1.29 is 10.0 Å². The average Bonchev–Trinajstić information content (AvgIpc) is 2.98. The van der Waals surface area contributed by atoms with Crippen LogP contribution in [0.1, 0.15) is 0 Å². The molecule has 2 N–H and O–H groups in total. The molecule has 1 aromatic heterocycles. The molecule has 3 aromatic rings. The van der Waals surface area contributed by atoms with E-state index >= 15 is 0 Å². The van der Waals surface area contributed by atoms with E-state index in [0.29, 0.717) is 17.2 Å². The molecule has 0 saturated heterocycles. The number of nitro groups is 1. The van der Waals surface area contributed by atoms with Crippen LogP contribution in [-0.4, -0.2) is 25.2 Å². The number of hydrogen-bond acceptors (Lipinski definition) is 5. The van der Waals surface area contributed by atoms with Gasteiger partial charge in [0.15, 0.2) is 17.4 Å². The topological polar surface area (TPSA) is 105 Å². The highest BCUT2D eigenvalue weighted by Gasteiger charge is 2.16. The molecule has 0 fully saturated rings. The molecule has 0 bridgehead atoms. The zero-order chi connectivity index (χ0) is 15.7. The number of benzene rings is 2. The first kappa shape index (κ1) is 14.2. The van der Waals surface area contributed by atoms with E-state index < -0.39 is 10.7 Å². The van der Waals surface area contributed by atoms with Crippen LogP contribution >= 0.6 is 15.9 Å². The van der Waals surface area contributed by atoms with Gasteiger partial charge < -0.3 is 5.11 Å². The summed E-state index contributed by atoms with van der Waals surface area (Å²) in [5.74, 6) is 0.483. The van der Waals surface area contributed by atoms with Crippen molar-refractivity contribution in [3.8, 4) is 28.5 Å². The van der Waals surface area contributed by atoms with Gasteiger partial charge in [-0.05, 0) is 24.3 Å². The Bertz CT molecular complexity index is 846. The number of nitrogens with one attached hydrogen (secondary N) is 1. The molecule has 0 radical (unpaired) electrons. The van der Waals surface area contributed by atoms with Crippen molar-refractivity contribution in [3.05, 3.63) is 57.1 Å². The van der Waals surface area contributed by atoms with Gasteiger partial charge in [0.2, 0.25) is 0 Å². The van der Waals surface area contributed by atoms with Crippen LogP contribution < -0.4 is 0 Å². The van der Waals surface area contributed by atoms with Crippen molar-refractivity contribution >= 4 is 21.6 Å². The van der Waals surface area contributed by atoms with E-state index in [1.807, 2.05) is 24.3 Å². The van der Waals surface area contributed by atoms with Crippen LogP contribution in [0.3, 0.4) is 0 Å². The second-order valence-electron chi connectivity index (χ2n) is 4.48. The summed E-state index contributed by atoms with van der Waals surface area (Å²) in [6.07, 6.45) is 0. The zero-order valence-corrected chi connectivity index (χ0v) is 12.6. The first-order chi connectivity index (χ1) is 10.5. The third-order valence-corrected chi connectivity index (χ3v) is 3.56. The van der Waals surface area contributed by atoms with Crippen LogP contribution in [0.2, 0.25) is 0 Å². The van der Waals surface area contributed by atoms with E-state index in [0.717, 1.165) is 10.0 Å². The maximum atomic E-state index is 10.9. The first-order valence-corrected chi connectivity index (χ1v) is 7.00. The van der Waals surface area contributed by atoms with Crippen molar-refractivity contribution in [2.75, 3.05) is 0 Å². The summed E-state index contributed by atoms with van der Waals surface area (Å²) < 4.78 is 0.949. The standard InChI is InChI=1S/C14H9BrN4O3/c15-10-4-1-8(2-5-10)13-16-14(18-17-13)9-3-6-12(20)11(7-9)19(21)22/h1-7,20H,(H,16,17,18). The molecule has 0 amide bonds. The van der Waals surface area contributed by atoms with Crippen molar-refractivity contribution in [1.29, 1.82) is 0 Å². The lowest BCUT2D eigenvalue weighted by molar-refractivity contribution is -0.385. The van der Waals surface area contributed by atoms with Gasteiger partial charge in [-0.15, -0.1) is 0 Å². The molecule has 22 heavy (non-hydrogen) atoms. The smallest absolute Gasteiger partial charge is 0.311 e. The third-order valence-electron chi connectivity index (χ3n) is 3.03. The van der Waals surface area contributed by atoms with Crippen molar-refractivity contribution in [1.82, 2.24) is 15.2 Å². The molecule has 1 heterocycles. The molecule has 3 rings (SSSR count). The van der Waals surface area contributed by atoms with Crippen LogP contribution in [0.4, 0.5) is 5.69 Å². The maximum absolute atomic E-state index is 10.9. The second-order valence-corrected chi connectivity index (χ2v) is 5.39. The van der Waals surface area contributed by atoms with E-state index in [9.17, 15) is 15.2 Å². The van der Waals surface area contributed by atoms with Gasteiger partial charge in [-0.2, -0.15) is 5.10 Å². The van der Waals surface area contributed by atoms with Gasteiger partial charge in [-0.3, -0.25) is 15.2 Å². The number of H-pyrrole nitrogens is 1. The molecule has 0 unspecified atom stereocenters. The summed E-state index contributed by atoms with van der Waals surface area (Å²) in [5.41, 5.74) is 0.909. The summed E-state index contributed by atoms with van der Waals surface area (Å²) in [5, 5.41) is 27.2. The highest BCUT2D eigenvalue weighted by atomic mass is 79.9. The molecular formula is C14H9BrN4O3. The van der Waals surface area contributed by atoms with Crippen molar-refractivity contribution in [3.63, 3.8) is 0 Å². The van der Waals surface area contributed by atoms with E-state index in [2.05, 4.69) is 31.1 Å². The van der Waals surface area contributed by atoms with E-state index in [1.54, 1.807) is 0 Å². The Hall–Kier alpha value is -2.74. The maximum Gasteiger partial charge on any atom is 0.311 e. The highest BCUT2D eigenvalue weighted by Crippen LogP contribution is 2.30. The molecule has 0 spiro atoms. The molecule has 0 aliphatic heterocycles. The van der Waals surface area contributed by atoms with Crippen LogP contribution in [0.15, 0.2) is 46.9 Å². The number of aromatic amines is 1. The average molecular weight is 361 g/mol. The van der Waals surface area contributed by atoms with E-state index in [4.69, 9.17) is 0 Å². The molecule has 0 atom stereocenters. The van der Waals surface area contributed by atoms with Gasteiger partial charge in [0.1, 0.15) is 0 Å². The zero-order valence-electron chi connectivity index (χ0n) is 11.0. The number of aromatic hydroxyl groups is 1. The summed E-state index contributed by atoms with van der Waals surface area (Å²) >= 11 is 3.35. The Labute approximate surface area is 132 Å². The minimum absolute atomic E-state index is 0.320. The summed E-state index contributed by atoms with van der Waals surface area (Å²) in [7, 11) is 0. The fraction of sp³-hybridized carbons (Fsp3) is 0. The lowest BCUT2D eigenvalue weighted by Gasteiger charge is -1.98. The minimum atomic E-state index is -0.652. The van der Waals surface area contributed by atoms with Gasteiger partial charge in [0.25, 0.3) is 0 Å². The van der Waals surface area contributed by atoms with Crippen LogP contribution in [0.25, 0.3) is 22.8 Å². The van der Waals surface area contributed by atoms with Gasteiger partial charge in [-0.25, -0.2) is 4.98 Å². The van der Waals surface area contributed by atoms with Crippen molar-refractivity contribution in [2.45, 2.75) is 0 Å². The van der Waals surface area contributed by atoms with Crippen LogP contribution in [0, 0.1) is 10.1 Å². The minimum Gasteiger partial charge on any atom is -0.502 e. The van der Waals surface area contributed by atoms with Crippen LogP contribution in [0.5, 0.6) is 5.75 Å². The molecule has 7 nitrogen and oxygen atoms in total. The predicted octanol–water partition coefficient (Wildman–Crippen LogP) is 3.52. The number of rotatable bonds is 3. The van der Waals surface area contributed by atoms with Crippen molar-refractivity contribution in [2.24, 2.45) is 0 Å². The molecule has 110 valence electrons. The Morgan fingerprint density at radius 2 is 1.82 bits per heavy atom. The SMILES string of the molecule is O=[N+]([O-])c1cc(-c2n[nH]c(-c3ccc(Br)cc3)n2)ccc1O. The lowest BCUT2D eigenvalue weighted by Crippen LogP contribution is -1.90. The normalized spacial score (nSPS) is 10.6. The summed E-state index contributed by atoms with van der Waals surface area (Å²) in [4.78, 5) is 14.5. The molecule has 8 heteroatoms. The van der Waals surface area contributed by atoms with Gasteiger partial charge in [0.05, 0.1) is 4.92 Å². The molecule has 0 saturated carbocycles. The second kappa shape index (κ2) is 5.57.